The van der Waals surface area contributed by atoms with E-state index in [9.17, 15) is 4.79 Å². The van der Waals surface area contributed by atoms with E-state index in [-0.39, 0.29) is 5.91 Å². The van der Waals surface area contributed by atoms with E-state index >= 15 is 0 Å². The number of nitrogens with one attached hydrogen (secondary N) is 1. The molecule has 82 valence electrons. The summed E-state index contributed by atoms with van der Waals surface area (Å²) >= 11 is 7.41. The van der Waals surface area contributed by atoms with Gasteiger partial charge in [0.15, 0.2) is 0 Å². The average Bonchev–Trinajstić information content (AvgIpc) is 2.26. The van der Waals surface area contributed by atoms with Crippen LogP contribution in [0.1, 0.15) is 17.7 Å². The first-order valence-electron chi connectivity index (χ1n) is 4.71. The number of hydrogen-bond acceptors (Lipinski definition) is 2. The molecule has 0 radical (unpaired) electrons. The lowest BCUT2D eigenvalue weighted by molar-refractivity contribution is -0.118. The van der Waals surface area contributed by atoms with Crippen LogP contribution < -0.4 is 5.32 Å². The normalized spacial score (nSPS) is 12.2. The van der Waals surface area contributed by atoms with Crippen molar-refractivity contribution in [3.63, 3.8) is 0 Å². The Bertz CT molecular complexity index is 326. The second-order valence-electron chi connectivity index (χ2n) is 3.18. The van der Waals surface area contributed by atoms with Crippen LogP contribution in [0.15, 0.2) is 24.3 Å². The number of carbonyl (C=O) groups is 1. The summed E-state index contributed by atoms with van der Waals surface area (Å²) in [7, 11) is 1.65. The van der Waals surface area contributed by atoms with Gasteiger partial charge in [0, 0.05) is 17.3 Å². The summed E-state index contributed by atoms with van der Waals surface area (Å²) < 4.78 is 0. The number of benzene rings is 1. The van der Waals surface area contributed by atoms with Gasteiger partial charge in [-0.05, 0) is 24.6 Å². The van der Waals surface area contributed by atoms with Crippen molar-refractivity contribution in [1.82, 2.24) is 5.32 Å². The predicted octanol–water partition coefficient (Wildman–Crippen LogP) is 2.88. The van der Waals surface area contributed by atoms with Gasteiger partial charge in [-0.1, -0.05) is 23.7 Å². The van der Waals surface area contributed by atoms with Gasteiger partial charge in [-0.2, -0.15) is 0 Å². The molecule has 1 aromatic carbocycles. The smallest absolute Gasteiger partial charge is 0.229 e. The number of amides is 1. The number of carbonyl (C=O) groups excluding carboxylic acids is 1. The molecular formula is C11H14ClNOS. The highest BCUT2D eigenvalue weighted by Crippen LogP contribution is 2.28. The molecule has 0 saturated heterocycles. The summed E-state index contributed by atoms with van der Waals surface area (Å²) in [4.78, 5) is 11.0. The fourth-order valence-corrected chi connectivity index (χ4v) is 2.12. The topological polar surface area (TPSA) is 29.1 Å². The van der Waals surface area contributed by atoms with E-state index in [1.165, 1.54) is 5.56 Å². The summed E-state index contributed by atoms with van der Waals surface area (Å²) in [5, 5.41) is 3.64. The summed E-state index contributed by atoms with van der Waals surface area (Å²) in [5.41, 5.74) is 1.19. The van der Waals surface area contributed by atoms with Crippen molar-refractivity contribution in [1.29, 1.82) is 0 Å². The highest BCUT2D eigenvalue weighted by molar-refractivity contribution is 8.00. The fourth-order valence-electron chi connectivity index (χ4n) is 1.10. The van der Waals surface area contributed by atoms with E-state index in [4.69, 9.17) is 11.6 Å². The zero-order valence-electron chi connectivity index (χ0n) is 8.79. The van der Waals surface area contributed by atoms with Crippen LogP contribution in [-0.2, 0) is 4.79 Å². The minimum Gasteiger partial charge on any atom is -0.358 e. The SMILES string of the molecule is CNC(=O)CSC(C)c1ccc(Cl)cc1. The minimum atomic E-state index is 0.0563. The molecule has 1 rings (SSSR count). The predicted molar refractivity (Wildman–Crippen MR) is 66.4 cm³/mol. The first-order chi connectivity index (χ1) is 7.13. The minimum absolute atomic E-state index is 0.0563. The molecule has 0 fully saturated rings. The van der Waals surface area contributed by atoms with Crippen LogP contribution in [0.3, 0.4) is 0 Å². The Kier molecular flexibility index (Phi) is 4.99. The van der Waals surface area contributed by atoms with E-state index in [0.29, 0.717) is 11.0 Å². The van der Waals surface area contributed by atoms with Gasteiger partial charge in [0.2, 0.25) is 5.91 Å². The van der Waals surface area contributed by atoms with Crippen LogP contribution in [0.4, 0.5) is 0 Å². The summed E-state index contributed by atoms with van der Waals surface area (Å²) in [6, 6.07) is 7.72. The molecule has 0 aliphatic heterocycles. The van der Waals surface area contributed by atoms with E-state index in [1.807, 2.05) is 24.3 Å². The number of halogens is 1. The quantitative estimate of drug-likeness (QED) is 0.881. The molecule has 1 amide bonds. The summed E-state index contributed by atoms with van der Waals surface area (Å²) in [6.07, 6.45) is 0. The second-order valence-corrected chi connectivity index (χ2v) is 4.94. The van der Waals surface area contributed by atoms with Gasteiger partial charge in [-0.3, -0.25) is 4.79 Å². The van der Waals surface area contributed by atoms with Crippen LogP contribution in [-0.4, -0.2) is 18.7 Å². The molecule has 0 heterocycles. The van der Waals surface area contributed by atoms with E-state index in [0.717, 1.165) is 5.02 Å². The Labute approximate surface area is 99.4 Å². The molecule has 1 N–H and O–H groups in total. The van der Waals surface area contributed by atoms with Crippen molar-refractivity contribution in [3.8, 4) is 0 Å². The highest BCUT2D eigenvalue weighted by atomic mass is 35.5. The standard InChI is InChI=1S/C11H14ClNOS/c1-8(15-7-11(14)13-2)9-3-5-10(12)6-4-9/h3-6,8H,7H2,1-2H3,(H,13,14). The third-order valence-corrected chi connectivity index (χ3v) is 3.54. The first-order valence-corrected chi connectivity index (χ1v) is 6.14. The Morgan fingerprint density at radius 3 is 2.60 bits per heavy atom. The maximum Gasteiger partial charge on any atom is 0.229 e. The van der Waals surface area contributed by atoms with E-state index in [1.54, 1.807) is 18.8 Å². The van der Waals surface area contributed by atoms with E-state index in [2.05, 4.69) is 12.2 Å². The Morgan fingerprint density at radius 1 is 1.47 bits per heavy atom. The molecule has 0 spiro atoms. The van der Waals surface area contributed by atoms with Gasteiger partial charge >= 0.3 is 0 Å². The largest absolute Gasteiger partial charge is 0.358 e. The third kappa shape index (κ3) is 4.14. The van der Waals surface area contributed by atoms with Gasteiger partial charge in [-0.15, -0.1) is 11.8 Å². The molecule has 0 saturated carbocycles. The molecule has 0 aliphatic carbocycles. The molecule has 4 heteroatoms. The Morgan fingerprint density at radius 2 is 2.07 bits per heavy atom. The van der Waals surface area contributed by atoms with Crippen LogP contribution >= 0.6 is 23.4 Å². The first kappa shape index (κ1) is 12.4. The van der Waals surface area contributed by atoms with Gasteiger partial charge in [0.25, 0.3) is 0 Å². The lowest BCUT2D eigenvalue weighted by Crippen LogP contribution is -2.20. The Hall–Kier alpha value is -0.670. The highest BCUT2D eigenvalue weighted by Gasteiger charge is 2.07. The maximum absolute atomic E-state index is 11.0. The van der Waals surface area contributed by atoms with Crippen LogP contribution in [0, 0.1) is 0 Å². The number of thioether (sulfide) groups is 1. The fraction of sp³-hybridized carbons (Fsp3) is 0.364. The molecule has 1 unspecified atom stereocenters. The molecule has 0 aliphatic rings. The maximum atomic E-state index is 11.0. The zero-order chi connectivity index (χ0) is 11.3. The van der Waals surface area contributed by atoms with Crippen molar-refractivity contribution in [2.24, 2.45) is 0 Å². The van der Waals surface area contributed by atoms with Gasteiger partial charge in [0.05, 0.1) is 5.75 Å². The Balaban J connectivity index is 2.50. The molecule has 2 nitrogen and oxygen atoms in total. The molecule has 0 aromatic heterocycles. The van der Waals surface area contributed by atoms with Gasteiger partial charge in [0.1, 0.15) is 0 Å². The van der Waals surface area contributed by atoms with Gasteiger partial charge < -0.3 is 5.32 Å². The summed E-state index contributed by atoms with van der Waals surface area (Å²) in [5.74, 6) is 0.543. The lowest BCUT2D eigenvalue weighted by atomic mass is 10.2. The number of rotatable bonds is 4. The molecular weight excluding hydrogens is 230 g/mol. The van der Waals surface area contributed by atoms with Crippen LogP contribution in [0.2, 0.25) is 5.02 Å². The molecule has 15 heavy (non-hydrogen) atoms. The molecule has 0 bridgehead atoms. The van der Waals surface area contributed by atoms with Crippen LogP contribution in [0.5, 0.6) is 0 Å². The molecule has 1 atom stereocenters. The second kappa shape index (κ2) is 6.03. The van der Waals surface area contributed by atoms with Crippen molar-refractivity contribution in [2.45, 2.75) is 12.2 Å². The van der Waals surface area contributed by atoms with E-state index < -0.39 is 0 Å². The summed E-state index contributed by atoms with van der Waals surface area (Å²) in [6.45, 7) is 2.08. The van der Waals surface area contributed by atoms with Gasteiger partial charge in [-0.25, -0.2) is 0 Å². The van der Waals surface area contributed by atoms with Crippen molar-refractivity contribution in [2.75, 3.05) is 12.8 Å². The third-order valence-electron chi connectivity index (χ3n) is 2.08. The lowest BCUT2D eigenvalue weighted by Gasteiger charge is -2.10. The zero-order valence-corrected chi connectivity index (χ0v) is 10.4. The molecule has 1 aromatic rings. The average molecular weight is 244 g/mol. The van der Waals surface area contributed by atoms with Crippen molar-refractivity contribution < 1.29 is 4.79 Å². The van der Waals surface area contributed by atoms with Crippen molar-refractivity contribution in [3.05, 3.63) is 34.9 Å². The monoisotopic (exact) mass is 243 g/mol. The van der Waals surface area contributed by atoms with Crippen LogP contribution in [0.25, 0.3) is 0 Å². The van der Waals surface area contributed by atoms with Crippen molar-refractivity contribution >= 4 is 29.3 Å². The number of hydrogen-bond donors (Lipinski definition) is 1.